The molecule has 0 saturated carbocycles. The number of nitrogens with one attached hydrogen (secondary N) is 1. The fourth-order valence-electron chi connectivity index (χ4n) is 1.69. The van der Waals surface area contributed by atoms with Gasteiger partial charge >= 0.3 is 5.97 Å². The van der Waals surface area contributed by atoms with Gasteiger partial charge in [0.05, 0.1) is 12.6 Å². The van der Waals surface area contributed by atoms with E-state index in [9.17, 15) is 9.59 Å². The van der Waals surface area contributed by atoms with Crippen LogP contribution in [-0.2, 0) is 6.61 Å². The highest BCUT2D eigenvalue weighted by atomic mass is 32.1. The van der Waals surface area contributed by atoms with Gasteiger partial charge in [-0.1, -0.05) is 12.1 Å². The number of aromatic nitrogens is 1. The number of aliphatic hydroxyl groups excluding tert-OH is 1. The van der Waals surface area contributed by atoms with Gasteiger partial charge < -0.3 is 15.5 Å². The third-order valence-corrected chi connectivity index (χ3v) is 3.89. The maximum Gasteiger partial charge on any atom is 0.355 e. The van der Waals surface area contributed by atoms with Crippen molar-refractivity contribution in [3.05, 3.63) is 51.5 Å². The summed E-state index contributed by atoms with van der Waals surface area (Å²) >= 11 is 1.19. The average molecular weight is 306 g/mol. The van der Waals surface area contributed by atoms with Crippen LogP contribution in [0.15, 0.2) is 29.6 Å². The number of carbonyl (C=O) groups excluding carboxylic acids is 1. The minimum absolute atomic E-state index is 0.0246. The highest BCUT2D eigenvalue weighted by molar-refractivity contribution is 7.09. The molecule has 3 N–H and O–H groups in total. The summed E-state index contributed by atoms with van der Waals surface area (Å²) in [6.07, 6.45) is 0. The summed E-state index contributed by atoms with van der Waals surface area (Å²) in [5.74, 6) is -1.37. The molecule has 1 amide bonds. The Hall–Kier alpha value is -2.25. The molecule has 1 aromatic carbocycles. The van der Waals surface area contributed by atoms with Crippen molar-refractivity contribution in [3.8, 4) is 0 Å². The number of carboxylic acid groups (broad SMARTS) is 1. The van der Waals surface area contributed by atoms with Crippen molar-refractivity contribution in [2.45, 2.75) is 19.6 Å². The van der Waals surface area contributed by atoms with Crippen molar-refractivity contribution >= 4 is 23.2 Å². The Kier molecular flexibility index (Phi) is 4.66. The summed E-state index contributed by atoms with van der Waals surface area (Å²) in [6, 6.07) is 6.21. The SMILES string of the molecule is CC(NC(=O)c1ccc(CO)cc1)c1nc(C(=O)O)cs1. The third kappa shape index (κ3) is 3.65. The molecule has 1 unspecified atom stereocenters. The van der Waals surface area contributed by atoms with Gasteiger partial charge in [-0.05, 0) is 24.6 Å². The Labute approximate surface area is 125 Å². The average Bonchev–Trinajstić information content (AvgIpc) is 2.97. The molecule has 2 aromatic rings. The van der Waals surface area contributed by atoms with E-state index in [2.05, 4.69) is 10.3 Å². The van der Waals surface area contributed by atoms with Gasteiger partial charge in [0.25, 0.3) is 5.91 Å². The van der Waals surface area contributed by atoms with E-state index < -0.39 is 5.97 Å². The van der Waals surface area contributed by atoms with Crippen LogP contribution in [0.5, 0.6) is 0 Å². The van der Waals surface area contributed by atoms with Crippen LogP contribution in [0.4, 0.5) is 0 Å². The van der Waals surface area contributed by atoms with Crippen LogP contribution in [0.25, 0.3) is 0 Å². The van der Waals surface area contributed by atoms with Gasteiger partial charge in [0.15, 0.2) is 5.69 Å². The van der Waals surface area contributed by atoms with E-state index in [1.807, 2.05) is 0 Å². The second-order valence-electron chi connectivity index (χ2n) is 4.43. The Morgan fingerprint density at radius 1 is 1.33 bits per heavy atom. The first kappa shape index (κ1) is 15.1. The van der Waals surface area contributed by atoms with Crippen LogP contribution >= 0.6 is 11.3 Å². The fourth-order valence-corrected chi connectivity index (χ4v) is 2.49. The summed E-state index contributed by atoms with van der Waals surface area (Å²) in [7, 11) is 0. The number of carboxylic acids is 1. The number of aromatic carboxylic acids is 1. The zero-order valence-corrected chi connectivity index (χ0v) is 12.1. The lowest BCUT2D eigenvalue weighted by molar-refractivity contribution is 0.0691. The highest BCUT2D eigenvalue weighted by Gasteiger charge is 2.16. The van der Waals surface area contributed by atoms with Gasteiger partial charge in [-0.3, -0.25) is 4.79 Å². The first-order valence-corrected chi connectivity index (χ1v) is 7.08. The van der Waals surface area contributed by atoms with Gasteiger partial charge in [-0.25, -0.2) is 9.78 Å². The van der Waals surface area contributed by atoms with Crippen LogP contribution in [0.2, 0.25) is 0 Å². The van der Waals surface area contributed by atoms with E-state index in [1.54, 1.807) is 31.2 Å². The standard InChI is InChI=1S/C14H14N2O4S/c1-8(13-16-11(7-21-13)14(19)20)15-12(18)10-4-2-9(6-17)3-5-10/h2-5,7-8,17H,6H2,1H3,(H,15,18)(H,19,20). The predicted molar refractivity (Wildman–Crippen MR) is 77.3 cm³/mol. The van der Waals surface area contributed by atoms with Crippen LogP contribution in [0, 0.1) is 0 Å². The summed E-state index contributed by atoms with van der Waals surface area (Å²) in [5.41, 5.74) is 1.17. The molecular formula is C14H14N2O4S. The Morgan fingerprint density at radius 3 is 2.52 bits per heavy atom. The number of carbonyl (C=O) groups is 2. The molecule has 6 nitrogen and oxygen atoms in total. The summed E-state index contributed by atoms with van der Waals surface area (Å²) in [4.78, 5) is 26.8. The largest absolute Gasteiger partial charge is 0.476 e. The van der Waals surface area contributed by atoms with Crippen LogP contribution < -0.4 is 5.32 Å². The lowest BCUT2D eigenvalue weighted by Crippen LogP contribution is -2.26. The molecular weight excluding hydrogens is 292 g/mol. The lowest BCUT2D eigenvalue weighted by Gasteiger charge is -2.11. The molecule has 0 radical (unpaired) electrons. The number of aliphatic hydroxyl groups is 1. The van der Waals surface area contributed by atoms with E-state index >= 15 is 0 Å². The number of rotatable bonds is 5. The molecule has 0 saturated heterocycles. The van der Waals surface area contributed by atoms with Gasteiger partial charge in [-0.2, -0.15) is 0 Å². The van der Waals surface area contributed by atoms with Crippen molar-refractivity contribution in [2.24, 2.45) is 0 Å². The van der Waals surface area contributed by atoms with E-state index in [-0.39, 0.29) is 24.2 Å². The number of thiazole rings is 1. The van der Waals surface area contributed by atoms with Crippen LogP contribution in [-0.4, -0.2) is 27.1 Å². The van der Waals surface area contributed by atoms with Gasteiger partial charge in [0.2, 0.25) is 0 Å². The number of amides is 1. The molecule has 1 atom stereocenters. The minimum Gasteiger partial charge on any atom is -0.476 e. The summed E-state index contributed by atoms with van der Waals surface area (Å²) in [6.45, 7) is 1.67. The zero-order chi connectivity index (χ0) is 15.4. The first-order valence-electron chi connectivity index (χ1n) is 6.20. The molecule has 110 valence electrons. The maximum atomic E-state index is 12.1. The second-order valence-corrected chi connectivity index (χ2v) is 5.32. The monoisotopic (exact) mass is 306 g/mol. The van der Waals surface area contributed by atoms with Crippen LogP contribution in [0.3, 0.4) is 0 Å². The third-order valence-electron chi connectivity index (χ3n) is 2.86. The van der Waals surface area contributed by atoms with Crippen molar-refractivity contribution < 1.29 is 19.8 Å². The van der Waals surface area contributed by atoms with Crippen LogP contribution in [0.1, 0.15) is 44.4 Å². The predicted octanol–water partition coefficient (Wildman–Crippen LogP) is 1.82. The van der Waals surface area contributed by atoms with Crippen molar-refractivity contribution in [1.29, 1.82) is 0 Å². The zero-order valence-electron chi connectivity index (χ0n) is 11.2. The quantitative estimate of drug-likeness (QED) is 0.782. The summed E-state index contributed by atoms with van der Waals surface area (Å²) < 4.78 is 0. The van der Waals surface area contributed by atoms with Crippen molar-refractivity contribution in [3.63, 3.8) is 0 Å². The van der Waals surface area contributed by atoms with E-state index in [0.717, 1.165) is 5.56 Å². The number of hydrogen-bond acceptors (Lipinski definition) is 5. The van der Waals surface area contributed by atoms with Crippen molar-refractivity contribution in [2.75, 3.05) is 0 Å². The van der Waals surface area contributed by atoms with E-state index in [1.165, 1.54) is 16.7 Å². The smallest absolute Gasteiger partial charge is 0.355 e. The molecule has 0 aliphatic carbocycles. The summed E-state index contributed by atoms with van der Waals surface area (Å²) in [5, 5.41) is 22.5. The molecule has 7 heteroatoms. The number of nitrogens with zero attached hydrogens (tertiary/aromatic N) is 1. The topological polar surface area (TPSA) is 99.5 Å². The fraction of sp³-hybridized carbons (Fsp3) is 0.214. The van der Waals surface area contributed by atoms with Gasteiger partial charge in [0, 0.05) is 10.9 Å². The molecule has 21 heavy (non-hydrogen) atoms. The van der Waals surface area contributed by atoms with Gasteiger partial charge in [-0.15, -0.1) is 11.3 Å². The van der Waals surface area contributed by atoms with Crippen molar-refractivity contribution in [1.82, 2.24) is 10.3 Å². The van der Waals surface area contributed by atoms with E-state index in [4.69, 9.17) is 10.2 Å². The number of hydrogen-bond donors (Lipinski definition) is 3. The maximum absolute atomic E-state index is 12.1. The molecule has 0 aliphatic rings. The lowest BCUT2D eigenvalue weighted by atomic mass is 10.1. The molecule has 1 heterocycles. The molecule has 0 aliphatic heterocycles. The van der Waals surface area contributed by atoms with E-state index in [0.29, 0.717) is 10.6 Å². The molecule has 2 rings (SSSR count). The number of benzene rings is 1. The highest BCUT2D eigenvalue weighted by Crippen LogP contribution is 2.18. The molecule has 0 spiro atoms. The minimum atomic E-state index is -1.09. The Morgan fingerprint density at radius 2 is 2.00 bits per heavy atom. The van der Waals surface area contributed by atoms with Gasteiger partial charge in [0.1, 0.15) is 5.01 Å². The normalized spacial score (nSPS) is 11.9. The second kappa shape index (κ2) is 6.47. The molecule has 0 bridgehead atoms. The first-order chi connectivity index (χ1) is 10.0. The molecule has 0 fully saturated rings. The Bertz CT molecular complexity index is 651. The molecule has 1 aromatic heterocycles. The Balaban J connectivity index is 2.05.